The van der Waals surface area contributed by atoms with Gasteiger partial charge < -0.3 is 15.0 Å². The van der Waals surface area contributed by atoms with E-state index in [9.17, 15) is 4.79 Å². The van der Waals surface area contributed by atoms with Gasteiger partial charge in [0.25, 0.3) is 0 Å². The molecule has 1 saturated carbocycles. The van der Waals surface area contributed by atoms with Crippen LogP contribution < -0.4 is 5.32 Å². The highest BCUT2D eigenvalue weighted by molar-refractivity contribution is 5.77. The molecule has 1 aliphatic heterocycles. The first-order chi connectivity index (χ1) is 9.29. The van der Waals surface area contributed by atoms with Gasteiger partial charge in [0.2, 0.25) is 5.91 Å². The topological polar surface area (TPSA) is 41.6 Å². The third kappa shape index (κ3) is 4.77. The maximum atomic E-state index is 11.5. The summed E-state index contributed by atoms with van der Waals surface area (Å²) in [5.74, 6) is 0.658. The third-order valence-electron chi connectivity index (χ3n) is 4.43. The molecule has 2 fully saturated rings. The van der Waals surface area contributed by atoms with Crippen LogP contribution in [0, 0.1) is 5.92 Å². The summed E-state index contributed by atoms with van der Waals surface area (Å²) in [7, 11) is 0. The van der Waals surface area contributed by atoms with Crippen LogP contribution in [0.5, 0.6) is 0 Å². The second kappa shape index (κ2) is 7.85. The van der Waals surface area contributed by atoms with Gasteiger partial charge in [0.15, 0.2) is 0 Å². The fourth-order valence-electron chi connectivity index (χ4n) is 3.31. The number of carbonyl (C=O) groups excluding carboxylic acids is 1. The fraction of sp³-hybridized carbons (Fsp3) is 0.933. The fourth-order valence-corrected chi connectivity index (χ4v) is 3.31. The van der Waals surface area contributed by atoms with Crippen LogP contribution in [0.2, 0.25) is 0 Å². The predicted octanol–water partition coefficient (Wildman–Crippen LogP) is 1.79. The van der Waals surface area contributed by atoms with E-state index in [1.54, 1.807) is 0 Å². The summed E-state index contributed by atoms with van der Waals surface area (Å²) in [5, 5.41) is 2.99. The highest BCUT2D eigenvalue weighted by atomic mass is 16.5. The van der Waals surface area contributed by atoms with Crippen LogP contribution in [0.3, 0.4) is 0 Å². The molecule has 0 radical (unpaired) electrons. The van der Waals surface area contributed by atoms with E-state index in [0.29, 0.717) is 12.5 Å². The van der Waals surface area contributed by atoms with Crippen molar-refractivity contribution >= 4 is 5.91 Å². The Hall–Kier alpha value is -0.610. The van der Waals surface area contributed by atoms with Crippen molar-refractivity contribution in [1.29, 1.82) is 0 Å². The van der Waals surface area contributed by atoms with E-state index in [1.807, 2.05) is 6.92 Å². The molecule has 1 atom stereocenters. The number of hydrogen-bond acceptors (Lipinski definition) is 3. The lowest BCUT2D eigenvalue weighted by Crippen LogP contribution is -2.37. The lowest BCUT2D eigenvalue weighted by atomic mass is 9.94. The molecular weight excluding hydrogens is 240 g/mol. The maximum absolute atomic E-state index is 11.5. The summed E-state index contributed by atoms with van der Waals surface area (Å²) >= 11 is 0. The Bertz CT molecular complexity index is 277. The van der Waals surface area contributed by atoms with E-state index in [1.165, 1.54) is 51.6 Å². The SMILES string of the molecule is CCOCC(=O)NC[C@@H]1CCN(C2CCCCC2)C1. The number of rotatable bonds is 6. The lowest BCUT2D eigenvalue weighted by molar-refractivity contribution is -0.125. The van der Waals surface area contributed by atoms with Crippen LogP contribution in [-0.2, 0) is 9.53 Å². The van der Waals surface area contributed by atoms with Gasteiger partial charge in [-0.1, -0.05) is 19.3 Å². The molecule has 2 aliphatic rings. The molecule has 0 aromatic rings. The van der Waals surface area contributed by atoms with E-state index >= 15 is 0 Å². The zero-order valence-electron chi connectivity index (χ0n) is 12.2. The van der Waals surface area contributed by atoms with Gasteiger partial charge in [-0.15, -0.1) is 0 Å². The van der Waals surface area contributed by atoms with Gasteiger partial charge in [-0.2, -0.15) is 0 Å². The van der Waals surface area contributed by atoms with Crippen molar-refractivity contribution in [2.75, 3.05) is 32.8 Å². The molecule has 1 aliphatic carbocycles. The lowest BCUT2D eigenvalue weighted by Gasteiger charge is -2.31. The summed E-state index contributed by atoms with van der Waals surface area (Å²) in [6.45, 7) is 5.92. The Morgan fingerprint density at radius 1 is 1.26 bits per heavy atom. The summed E-state index contributed by atoms with van der Waals surface area (Å²) in [5.41, 5.74) is 0. The molecule has 1 saturated heterocycles. The molecule has 0 unspecified atom stereocenters. The van der Waals surface area contributed by atoms with Gasteiger partial charge >= 0.3 is 0 Å². The molecule has 4 heteroatoms. The first-order valence-electron chi connectivity index (χ1n) is 7.88. The number of ether oxygens (including phenoxy) is 1. The predicted molar refractivity (Wildman–Crippen MR) is 76.1 cm³/mol. The van der Waals surface area contributed by atoms with Crippen molar-refractivity contribution in [1.82, 2.24) is 10.2 Å². The van der Waals surface area contributed by atoms with Crippen LogP contribution in [0.1, 0.15) is 45.4 Å². The van der Waals surface area contributed by atoms with E-state index in [2.05, 4.69) is 10.2 Å². The van der Waals surface area contributed by atoms with E-state index in [4.69, 9.17) is 4.74 Å². The van der Waals surface area contributed by atoms with Crippen LogP contribution in [-0.4, -0.2) is 49.7 Å². The summed E-state index contributed by atoms with van der Waals surface area (Å²) < 4.78 is 5.10. The monoisotopic (exact) mass is 268 g/mol. The zero-order chi connectivity index (χ0) is 13.5. The molecule has 1 N–H and O–H groups in total. The van der Waals surface area contributed by atoms with Crippen molar-refractivity contribution in [3.8, 4) is 0 Å². The van der Waals surface area contributed by atoms with Crippen molar-refractivity contribution in [2.45, 2.75) is 51.5 Å². The van der Waals surface area contributed by atoms with Crippen molar-refractivity contribution in [3.63, 3.8) is 0 Å². The second-order valence-electron chi connectivity index (χ2n) is 5.88. The molecule has 4 nitrogen and oxygen atoms in total. The Balaban J connectivity index is 1.63. The number of nitrogens with zero attached hydrogens (tertiary/aromatic N) is 1. The van der Waals surface area contributed by atoms with Crippen molar-refractivity contribution in [3.05, 3.63) is 0 Å². The number of amides is 1. The Morgan fingerprint density at radius 2 is 2.05 bits per heavy atom. The van der Waals surface area contributed by atoms with Gasteiger partial charge in [0.05, 0.1) is 0 Å². The molecule has 0 bridgehead atoms. The summed E-state index contributed by atoms with van der Waals surface area (Å²) in [6, 6.07) is 0.817. The van der Waals surface area contributed by atoms with Crippen LogP contribution >= 0.6 is 0 Å². The van der Waals surface area contributed by atoms with Crippen LogP contribution in [0.4, 0.5) is 0 Å². The smallest absolute Gasteiger partial charge is 0.246 e. The van der Waals surface area contributed by atoms with E-state index in [-0.39, 0.29) is 12.5 Å². The average molecular weight is 268 g/mol. The molecule has 0 aromatic carbocycles. The molecule has 2 rings (SSSR count). The molecule has 1 amide bonds. The standard InChI is InChI=1S/C15H28N2O2/c1-2-19-12-15(18)16-10-13-8-9-17(11-13)14-6-4-3-5-7-14/h13-14H,2-12H2,1H3,(H,16,18)/t13-/m0/s1. The highest BCUT2D eigenvalue weighted by Crippen LogP contribution is 2.27. The maximum Gasteiger partial charge on any atom is 0.246 e. The van der Waals surface area contributed by atoms with Crippen LogP contribution in [0.25, 0.3) is 0 Å². The highest BCUT2D eigenvalue weighted by Gasteiger charge is 2.28. The van der Waals surface area contributed by atoms with Gasteiger partial charge in [-0.25, -0.2) is 0 Å². The normalized spacial score (nSPS) is 25.6. The van der Waals surface area contributed by atoms with Gasteiger partial charge in [0, 0.05) is 25.7 Å². The minimum absolute atomic E-state index is 0.0259. The Labute approximate surface area is 116 Å². The number of hydrogen-bond donors (Lipinski definition) is 1. The van der Waals surface area contributed by atoms with Crippen LogP contribution in [0.15, 0.2) is 0 Å². The molecule has 0 aromatic heterocycles. The van der Waals surface area contributed by atoms with Crippen molar-refractivity contribution < 1.29 is 9.53 Å². The van der Waals surface area contributed by atoms with Gasteiger partial charge in [0.1, 0.15) is 6.61 Å². The molecule has 1 heterocycles. The third-order valence-corrected chi connectivity index (χ3v) is 4.43. The second-order valence-corrected chi connectivity index (χ2v) is 5.88. The Kier molecular flexibility index (Phi) is 6.11. The minimum atomic E-state index is 0.0259. The largest absolute Gasteiger partial charge is 0.372 e. The van der Waals surface area contributed by atoms with E-state index in [0.717, 1.165) is 12.6 Å². The number of carbonyl (C=O) groups is 1. The molecule has 110 valence electrons. The van der Waals surface area contributed by atoms with Gasteiger partial charge in [-0.05, 0) is 38.6 Å². The molecule has 0 spiro atoms. The van der Waals surface area contributed by atoms with E-state index < -0.39 is 0 Å². The average Bonchev–Trinajstić information content (AvgIpc) is 2.93. The summed E-state index contributed by atoms with van der Waals surface area (Å²) in [6.07, 6.45) is 8.20. The molecule has 19 heavy (non-hydrogen) atoms. The first kappa shape index (κ1) is 14.8. The number of likely N-dealkylation sites (tertiary alicyclic amines) is 1. The zero-order valence-corrected chi connectivity index (χ0v) is 12.2. The Morgan fingerprint density at radius 3 is 2.79 bits per heavy atom. The molecular formula is C15H28N2O2. The number of nitrogens with one attached hydrogen (secondary N) is 1. The summed E-state index contributed by atoms with van der Waals surface area (Å²) in [4.78, 5) is 14.1. The van der Waals surface area contributed by atoms with Gasteiger partial charge in [-0.3, -0.25) is 4.79 Å². The van der Waals surface area contributed by atoms with Crippen molar-refractivity contribution in [2.24, 2.45) is 5.92 Å². The minimum Gasteiger partial charge on any atom is -0.372 e. The quantitative estimate of drug-likeness (QED) is 0.798. The first-order valence-corrected chi connectivity index (χ1v) is 7.88.